The third-order valence-electron chi connectivity index (χ3n) is 1.88. The van der Waals surface area contributed by atoms with Crippen LogP contribution >= 0.6 is 11.6 Å². The molecule has 1 aromatic rings. The van der Waals surface area contributed by atoms with Crippen molar-refractivity contribution in [2.45, 2.75) is 25.9 Å². The highest BCUT2D eigenvalue weighted by atomic mass is 35.5. The van der Waals surface area contributed by atoms with Gasteiger partial charge in [-0.05, 0) is 6.42 Å². The molecule has 0 bridgehead atoms. The summed E-state index contributed by atoms with van der Waals surface area (Å²) in [5.41, 5.74) is 0.618. The smallest absolute Gasteiger partial charge is 0.316 e. The first-order valence-corrected chi connectivity index (χ1v) is 4.78. The highest BCUT2D eigenvalue weighted by Crippen LogP contribution is 2.17. The standard InChI is InChI=1S/C9H13ClN2O2/c1-3-6(13)4-8-7(10)5-11-9(12-8)14-2/h5-6,13H,3-4H2,1-2H3. The van der Waals surface area contributed by atoms with Gasteiger partial charge in [0.25, 0.3) is 0 Å². The Morgan fingerprint density at radius 1 is 1.64 bits per heavy atom. The number of halogens is 1. The zero-order chi connectivity index (χ0) is 10.6. The second-order valence-corrected chi connectivity index (χ2v) is 3.32. The van der Waals surface area contributed by atoms with Gasteiger partial charge < -0.3 is 9.84 Å². The van der Waals surface area contributed by atoms with E-state index in [-0.39, 0.29) is 6.01 Å². The maximum absolute atomic E-state index is 9.44. The molecule has 0 saturated heterocycles. The largest absolute Gasteiger partial charge is 0.467 e. The predicted molar refractivity (Wildman–Crippen MR) is 53.6 cm³/mol. The van der Waals surface area contributed by atoms with Crippen molar-refractivity contribution in [3.8, 4) is 6.01 Å². The lowest BCUT2D eigenvalue weighted by Crippen LogP contribution is -2.11. The monoisotopic (exact) mass is 216 g/mol. The normalized spacial score (nSPS) is 12.6. The first-order valence-electron chi connectivity index (χ1n) is 4.40. The Morgan fingerprint density at radius 2 is 2.36 bits per heavy atom. The molecule has 4 nitrogen and oxygen atoms in total. The van der Waals surface area contributed by atoms with Gasteiger partial charge >= 0.3 is 6.01 Å². The molecule has 0 aliphatic rings. The molecule has 1 heterocycles. The van der Waals surface area contributed by atoms with E-state index < -0.39 is 6.10 Å². The Morgan fingerprint density at radius 3 is 2.93 bits per heavy atom. The van der Waals surface area contributed by atoms with Crippen LogP contribution in [0.1, 0.15) is 19.0 Å². The van der Waals surface area contributed by atoms with Gasteiger partial charge in [-0.25, -0.2) is 4.98 Å². The van der Waals surface area contributed by atoms with E-state index in [2.05, 4.69) is 9.97 Å². The minimum absolute atomic E-state index is 0.271. The summed E-state index contributed by atoms with van der Waals surface area (Å²) in [7, 11) is 1.49. The number of ether oxygens (including phenoxy) is 1. The molecule has 1 rings (SSSR count). The predicted octanol–water partition coefficient (Wildman–Crippen LogP) is 1.45. The summed E-state index contributed by atoms with van der Waals surface area (Å²) in [4.78, 5) is 7.90. The van der Waals surface area contributed by atoms with Crippen LogP contribution in [-0.4, -0.2) is 28.3 Å². The fourth-order valence-electron chi connectivity index (χ4n) is 0.993. The first kappa shape index (κ1) is 11.2. The molecule has 5 heteroatoms. The maximum atomic E-state index is 9.44. The average molecular weight is 217 g/mol. The molecule has 78 valence electrons. The Hall–Kier alpha value is -0.870. The summed E-state index contributed by atoms with van der Waals surface area (Å²) in [6.45, 7) is 1.90. The van der Waals surface area contributed by atoms with Gasteiger partial charge in [-0.15, -0.1) is 0 Å². The molecule has 0 aliphatic heterocycles. The van der Waals surface area contributed by atoms with E-state index in [4.69, 9.17) is 16.3 Å². The topological polar surface area (TPSA) is 55.2 Å². The molecule has 0 aromatic carbocycles. The van der Waals surface area contributed by atoms with Gasteiger partial charge in [-0.1, -0.05) is 18.5 Å². The Labute approximate surface area is 87.9 Å². The fourth-order valence-corrected chi connectivity index (χ4v) is 1.16. The summed E-state index contributed by atoms with van der Waals surface area (Å²) >= 11 is 5.86. The van der Waals surface area contributed by atoms with Crippen molar-refractivity contribution >= 4 is 11.6 Å². The maximum Gasteiger partial charge on any atom is 0.316 e. The van der Waals surface area contributed by atoms with Gasteiger partial charge in [-0.2, -0.15) is 4.98 Å². The van der Waals surface area contributed by atoms with Crippen LogP contribution in [0, 0.1) is 0 Å². The van der Waals surface area contributed by atoms with Gasteiger partial charge in [0, 0.05) is 6.42 Å². The summed E-state index contributed by atoms with van der Waals surface area (Å²) < 4.78 is 4.86. The number of aliphatic hydroxyl groups excluding tert-OH is 1. The van der Waals surface area contributed by atoms with Crippen LogP contribution in [0.25, 0.3) is 0 Å². The van der Waals surface area contributed by atoms with E-state index in [1.54, 1.807) is 0 Å². The lowest BCUT2D eigenvalue weighted by Gasteiger charge is -2.08. The third kappa shape index (κ3) is 2.82. The number of aromatic nitrogens is 2. The van der Waals surface area contributed by atoms with Crippen molar-refractivity contribution in [2.24, 2.45) is 0 Å². The minimum atomic E-state index is -0.424. The van der Waals surface area contributed by atoms with Crippen molar-refractivity contribution in [1.29, 1.82) is 0 Å². The van der Waals surface area contributed by atoms with E-state index in [0.29, 0.717) is 23.6 Å². The Balaban J connectivity index is 2.83. The number of hydrogen-bond acceptors (Lipinski definition) is 4. The molecule has 0 saturated carbocycles. The summed E-state index contributed by atoms with van der Waals surface area (Å²) in [6, 6.07) is 0.271. The van der Waals surface area contributed by atoms with Crippen LogP contribution in [0.15, 0.2) is 6.20 Å². The van der Waals surface area contributed by atoms with E-state index in [9.17, 15) is 5.11 Å². The number of rotatable bonds is 4. The molecular formula is C9H13ClN2O2. The van der Waals surface area contributed by atoms with Crippen molar-refractivity contribution in [3.63, 3.8) is 0 Å². The second kappa shape index (κ2) is 5.12. The van der Waals surface area contributed by atoms with Crippen molar-refractivity contribution in [2.75, 3.05) is 7.11 Å². The molecule has 0 radical (unpaired) electrons. The molecule has 1 aromatic heterocycles. The zero-order valence-corrected chi connectivity index (χ0v) is 8.95. The van der Waals surface area contributed by atoms with Gasteiger partial charge in [0.15, 0.2) is 0 Å². The molecule has 0 amide bonds. The lowest BCUT2D eigenvalue weighted by molar-refractivity contribution is 0.169. The van der Waals surface area contributed by atoms with E-state index in [0.717, 1.165) is 0 Å². The van der Waals surface area contributed by atoms with Gasteiger partial charge in [0.1, 0.15) is 0 Å². The lowest BCUT2D eigenvalue weighted by atomic mass is 10.1. The SMILES string of the molecule is CCC(O)Cc1nc(OC)ncc1Cl. The molecule has 1 N–H and O–H groups in total. The zero-order valence-electron chi connectivity index (χ0n) is 8.20. The summed E-state index contributed by atoms with van der Waals surface area (Å²) in [5, 5.41) is 9.90. The second-order valence-electron chi connectivity index (χ2n) is 2.92. The van der Waals surface area contributed by atoms with Crippen LogP contribution in [0.5, 0.6) is 6.01 Å². The number of nitrogens with zero attached hydrogens (tertiary/aromatic N) is 2. The van der Waals surface area contributed by atoms with Crippen LogP contribution in [0.2, 0.25) is 5.02 Å². The minimum Gasteiger partial charge on any atom is -0.467 e. The van der Waals surface area contributed by atoms with Crippen LogP contribution in [0.3, 0.4) is 0 Å². The number of aliphatic hydroxyl groups is 1. The molecule has 1 atom stereocenters. The van der Waals surface area contributed by atoms with Crippen molar-refractivity contribution in [1.82, 2.24) is 9.97 Å². The van der Waals surface area contributed by atoms with E-state index in [1.807, 2.05) is 6.92 Å². The molecule has 0 fully saturated rings. The Kier molecular flexibility index (Phi) is 4.10. The molecular weight excluding hydrogens is 204 g/mol. The number of hydrogen-bond donors (Lipinski definition) is 1. The van der Waals surface area contributed by atoms with Crippen molar-refractivity contribution < 1.29 is 9.84 Å². The van der Waals surface area contributed by atoms with Gasteiger partial charge in [0.2, 0.25) is 0 Å². The quantitative estimate of drug-likeness (QED) is 0.828. The van der Waals surface area contributed by atoms with Crippen LogP contribution in [-0.2, 0) is 6.42 Å². The molecule has 0 aliphatic carbocycles. The Bertz CT molecular complexity index is 307. The summed E-state index contributed by atoms with van der Waals surface area (Å²) in [5.74, 6) is 0. The van der Waals surface area contributed by atoms with Crippen LogP contribution in [0.4, 0.5) is 0 Å². The van der Waals surface area contributed by atoms with Crippen molar-refractivity contribution in [3.05, 3.63) is 16.9 Å². The first-order chi connectivity index (χ1) is 6.67. The average Bonchev–Trinajstić information content (AvgIpc) is 2.21. The molecule has 14 heavy (non-hydrogen) atoms. The third-order valence-corrected chi connectivity index (χ3v) is 2.19. The number of methoxy groups -OCH3 is 1. The molecule has 0 spiro atoms. The fraction of sp³-hybridized carbons (Fsp3) is 0.556. The van der Waals surface area contributed by atoms with Gasteiger partial charge in [-0.3, -0.25) is 0 Å². The molecule has 1 unspecified atom stereocenters. The van der Waals surface area contributed by atoms with E-state index >= 15 is 0 Å². The van der Waals surface area contributed by atoms with Crippen LogP contribution < -0.4 is 4.74 Å². The van der Waals surface area contributed by atoms with Gasteiger partial charge in [0.05, 0.1) is 30.1 Å². The van der Waals surface area contributed by atoms with E-state index in [1.165, 1.54) is 13.3 Å². The summed E-state index contributed by atoms with van der Waals surface area (Å²) in [6.07, 6.45) is 2.15. The highest BCUT2D eigenvalue weighted by molar-refractivity contribution is 6.31. The highest BCUT2D eigenvalue weighted by Gasteiger charge is 2.10.